The van der Waals surface area contributed by atoms with E-state index in [2.05, 4.69) is 0 Å². The van der Waals surface area contributed by atoms with Crippen LogP contribution in [0.3, 0.4) is 0 Å². The molecule has 0 rings (SSSR count). The fraction of sp³-hybridized carbons (Fsp3) is 1.00. The number of hydrogen-bond acceptors (Lipinski definition) is 4. The van der Waals surface area contributed by atoms with E-state index < -0.39 is 26.7 Å². The molecule has 0 fully saturated rings. The molecular weight excluding hydrogens is 365 g/mol. The van der Waals surface area contributed by atoms with E-state index in [-0.39, 0.29) is 95.2 Å². The number of hydrogen-bond donors (Lipinski definition) is 5. The van der Waals surface area contributed by atoms with Crippen LogP contribution >= 0.6 is 15.2 Å². The van der Waals surface area contributed by atoms with Crippen molar-refractivity contribution in [2.45, 2.75) is 37.7 Å². The van der Waals surface area contributed by atoms with Crippen LogP contribution in [0.25, 0.3) is 0 Å². The van der Waals surface area contributed by atoms with Crippen molar-refractivity contribution in [1.82, 2.24) is 4.90 Å². The van der Waals surface area contributed by atoms with Gasteiger partial charge in [0.15, 0.2) is 0 Å². The molecule has 0 saturated heterocycles. The molecule has 0 heterocycles. The molecule has 116 valence electrons. The molecular formula is C9H23NNa3O7P2+3. The molecule has 0 bridgehead atoms. The van der Waals surface area contributed by atoms with Crippen LogP contribution in [0.5, 0.6) is 0 Å². The number of rotatable bonds is 9. The molecule has 22 heavy (non-hydrogen) atoms. The summed E-state index contributed by atoms with van der Waals surface area (Å²) in [5.41, 5.74) is 0. The first-order valence-corrected chi connectivity index (χ1v) is 9.20. The molecule has 0 radical (unpaired) electrons. The van der Waals surface area contributed by atoms with Gasteiger partial charge in [0.2, 0.25) is 0 Å². The van der Waals surface area contributed by atoms with Gasteiger partial charge in [-0.05, 0) is 20.0 Å². The predicted octanol–water partition coefficient (Wildman–Crippen LogP) is -8.49. The zero-order valence-electron chi connectivity index (χ0n) is 14.1. The molecule has 0 aromatic heterocycles. The van der Waals surface area contributed by atoms with E-state index >= 15 is 0 Å². The van der Waals surface area contributed by atoms with Crippen LogP contribution in [0.15, 0.2) is 0 Å². The standard InChI is InChI=1S/C9H23NO7P2.3Na/c1-3-4-5-7-10(2)8-6-9(11,18(12,13)14)19(15,16)17;;;/h11H,3-8H2,1-2H3,(H2,12,13,14)(H2,15,16,17);;;/q;3*+1. The second-order valence-corrected chi connectivity index (χ2v) is 8.63. The summed E-state index contributed by atoms with van der Waals surface area (Å²) in [7, 11) is -9.00. The summed E-state index contributed by atoms with van der Waals surface area (Å²) in [6.45, 7) is 2.64. The van der Waals surface area contributed by atoms with Gasteiger partial charge in [-0.15, -0.1) is 0 Å². The second-order valence-electron chi connectivity index (χ2n) is 4.62. The Bertz CT molecular complexity index is 354. The van der Waals surface area contributed by atoms with Gasteiger partial charge < -0.3 is 29.6 Å². The number of unbranched alkanes of at least 4 members (excludes halogenated alkanes) is 2. The van der Waals surface area contributed by atoms with Crippen molar-refractivity contribution in [1.29, 1.82) is 0 Å². The first-order valence-electron chi connectivity index (χ1n) is 5.98. The van der Waals surface area contributed by atoms with Gasteiger partial charge in [0, 0.05) is 13.0 Å². The summed E-state index contributed by atoms with van der Waals surface area (Å²) in [5.74, 6) is 0. The summed E-state index contributed by atoms with van der Waals surface area (Å²) < 4.78 is 22.2. The summed E-state index contributed by atoms with van der Waals surface area (Å²) in [6.07, 6.45) is 2.19. The van der Waals surface area contributed by atoms with Crippen molar-refractivity contribution in [3.63, 3.8) is 0 Å². The average Bonchev–Trinajstić information content (AvgIpc) is 2.23. The van der Waals surface area contributed by atoms with E-state index in [4.69, 9.17) is 19.6 Å². The average molecular weight is 388 g/mol. The fourth-order valence-electron chi connectivity index (χ4n) is 1.55. The van der Waals surface area contributed by atoms with Crippen LogP contribution in [0.2, 0.25) is 0 Å². The van der Waals surface area contributed by atoms with Crippen molar-refractivity contribution in [2.24, 2.45) is 0 Å². The quantitative estimate of drug-likeness (QED) is 0.149. The van der Waals surface area contributed by atoms with Crippen LogP contribution < -0.4 is 88.7 Å². The van der Waals surface area contributed by atoms with Gasteiger partial charge in [-0.25, -0.2) is 0 Å². The van der Waals surface area contributed by atoms with E-state index in [1.807, 2.05) is 6.92 Å². The zero-order valence-corrected chi connectivity index (χ0v) is 21.9. The van der Waals surface area contributed by atoms with E-state index in [1.54, 1.807) is 11.9 Å². The Morgan fingerprint density at radius 1 is 0.909 bits per heavy atom. The van der Waals surface area contributed by atoms with Crippen molar-refractivity contribution in [3.8, 4) is 0 Å². The van der Waals surface area contributed by atoms with Gasteiger partial charge in [0.25, 0.3) is 5.08 Å². The molecule has 0 aromatic rings. The van der Waals surface area contributed by atoms with Crippen molar-refractivity contribution in [2.75, 3.05) is 20.1 Å². The van der Waals surface area contributed by atoms with Crippen LogP contribution in [0.4, 0.5) is 0 Å². The van der Waals surface area contributed by atoms with E-state index in [1.165, 1.54) is 0 Å². The maximum atomic E-state index is 11.1. The summed E-state index contributed by atoms with van der Waals surface area (Å²) in [6, 6.07) is 0. The normalized spacial score (nSPS) is 12.2. The van der Waals surface area contributed by atoms with Crippen LogP contribution in [0, 0.1) is 0 Å². The van der Waals surface area contributed by atoms with Crippen LogP contribution in [0.1, 0.15) is 32.6 Å². The molecule has 0 amide bonds. The summed E-state index contributed by atoms with van der Waals surface area (Å²) in [5, 5.41) is 6.35. The van der Waals surface area contributed by atoms with Crippen LogP contribution in [-0.2, 0) is 9.13 Å². The first kappa shape index (κ1) is 32.9. The summed E-state index contributed by atoms with van der Waals surface area (Å²) in [4.78, 5) is 37.5. The molecule has 0 aromatic carbocycles. The van der Waals surface area contributed by atoms with Gasteiger partial charge in [-0.1, -0.05) is 19.8 Å². The Morgan fingerprint density at radius 3 is 1.64 bits per heavy atom. The molecule has 0 aliphatic carbocycles. The topological polar surface area (TPSA) is 139 Å². The third kappa shape index (κ3) is 11.0. The maximum Gasteiger partial charge on any atom is 1.00 e. The Balaban J connectivity index is -0.000000540. The van der Waals surface area contributed by atoms with E-state index in [9.17, 15) is 14.2 Å². The Hall–Kier alpha value is 3.22. The van der Waals surface area contributed by atoms with Crippen molar-refractivity contribution < 1.29 is 122 Å². The van der Waals surface area contributed by atoms with Gasteiger partial charge in [-0.2, -0.15) is 0 Å². The molecule has 0 atom stereocenters. The molecule has 0 saturated carbocycles. The predicted molar refractivity (Wildman–Crippen MR) is 70.7 cm³/mol. The number of nitrogens with zero attached hydrogens (tertiary/aromatic N) is 1. The molecule has 5 N–H and O–H groups in total. The molecule has 0 aliphatic rings. The Labute approximate surface area is 198 Å². The zero-order chi connectivity index (χ0) is 15.3. The van der Waals surface area contributed by atoms with Gasteiger partial charge in [-0.3, -0.25) is 9.13 Å². The van der Waals surface area contributed by atoms with Gasteiger partial charge in [0.1, 0.15) is 0 Å². The van der Waals surface area contributed by atoms with Gasteiger partial charge >= 0.3 is 104 Å². The SMILES string of the molecule is CCCCCN(C)CCC(O)(P(=O)(O)O)P(=O)(O)O.[Na+].[Na+].[Na+]. The molecule has 0 spiro atoms. The molecule has 0 unspecified atom stereocenters. The Kier molecular flexibility index (Phi) is 21.4. The minimum absolute atomic E-state index is 0. The smallest absolute Gasteiger partial charge is 0.367 e. The van der Waals surface area contributed by atoms with Crippen molar-refractivity contribution in [3.05, 3.63) is 0 Å². The van der Waals surface area contributed by atoms with E-state index in [0.29, 0.717) is 6.54 Å². The minimum Gasteiger partial charge on any atom is -0.367 e. The molecule has 8 nitrogen and oxygen atoms in total. The van der Waals surface area contributed by atoms with Crippen LogP contribution in [-0.4, -0.2) is 54.8 Å². The molecule has 0 aliphatic heterocycles. The fourth-order valence-corrected chi connectivity index (χ4v) is 3.69. The third-order valence-electron chi connectivity index (χ3n) is 2.91. The number of aliphatic hydroxyl groups is 1. The summed E-state index contributed by atoms with van der Waals surface area (Å²) >= 11 is 0. The molecule has 13 heteroatoms. The van der Waals surface area contributed by atoms with Crippen molar-refractivity contribution >= 4 is 15.2 Å². The minimum atomic E-state index is -5.33. The Morgan fingerprint density at radius 2 is 1.32 bits per heavy atom. The largest absolute Gasteiger partial charge is 1.00 e. The van der Waals surface area contributed by atoms with E-state index in [0.717, 1.165) is 19.3 Å². The third-order valence-corrected chi connectivity index (χ3v) is 6.78. The van der Waals surface area contributed by atoms with Gasteiger partial charge in [0.05, 0.1) is 0 Å². The second kappa shape index (κ2) is 14.3. The monoisotopic (exact) mass is 388 g/mol. The first-order chi connectivity index (χ1) is 8.45. The maximum absolute atomic E-state index is 11.1.